The number of H-pyrrole nitrogens is 1. The van der Waals surface area contributed by atoms with Crippen LogP contribution in [0.25, 0.3) is 11.1 Å². The quantitative estimate of drug-likeness (QED) is 0.909. The van der Waals surface area contributed by atoms with E-state index in [2.05, 4.69) is 25.8 Å². The molecule has 1 heterocycles. The van der Waals surface area contributed by atoms with E-state index in [4.69, 9.17) is 10.5 Å². The van der Waals surface area contributed by atoms with E-state index in [1.807, 2.05) is 6.07 Å². The third-order valence-electron chi connectivity index (χ3n) is 3.73. The van der Waals surface area contributed by atoms with Gasteiger partial charge in [-0.05, 0) is 40.8 Å². The Bertz CT molecular complexity index is 786. The molecule has 5 nitrogen and oxygen atoms in total. The molecule has 122 valence electrons. The highest BCUT2D eigenvalue weighted by Gasteiger charge is 2.23. The third kappa shape index (κ3) is 3.51. The fraction of sp³-hybridized carbons (Fsp3) is 0.333. The Hall–Kier alpha value is -2.40. The number of hydrogen-bond acceptors (Lipinski definition) is 3. The summed E-state index contributed by atoms with van der Waals surface area (Å²) in [5, 5.41) is 0. The van der Waals surface area contributed by atoms with E-state index >= 15 is 0 Å². The number of methoxy groups -OCH3 is 1. The lowest BCUT2D eigenvalue weighted by atomic mass is 9.81. The molecule has 0 aliphatic carbocycles. The van der Waals surface area contributed by atoms with E-state index in [1.165, 1.54) is 0 Å². The monoisotopic (exact) mass is 314 g/mol. The van der Waals surface area contributed by atoms with Gasteiger partial charge in [0.15, 0.2) is 0 Å². The summed E-state index contributed by atoms with van der Waals surface area (Å²) in [4.78, 5) is 26.7. The number of rotatable bonds is 4. The highest BCUT2D eigenvalue weighted by Crippen LogP contribution is 2.32. The number of hydrogen-bond donors (Lipinski definition) is 2. The molecule has 0 atom stereocenters. The number of nitrogens with two attached hydrogens (primary N) is 1. The van der Waals surface area contributed by atoms with E-state index in [0.29, 0.717) is 23.3 Å². The Morgan fingerprint density at radius 2 is 1.96 bits per heavy atom. The van der Waals surface area contributed by atoms with Gasteiger partial charge in [0, 0.05) is 30.0 Å². The van der Waals surface area contributed by atoms with Crippen molar-refractivity contribution in [3.63, 3.8) is 0 Å². The summed E-state index contributed by atoms with van der Waals surface area (Å²) < 4.78 is 5.25. The summed E-state index contributed by atoms with van der Waals surface area (Å²) in [6, 6.07) is 7.01. The van der Waals surface area contributed by atoms with Crippen LogP contribution in [0, 0.1) is 0 Å². The molecule has 1 aromatic heterocycles. The van der Waals surface area contributed by atoms with Gasteiger partial charge in [-0.2, -0.15) is 0 Å². The molecule has 0 spiro atoms. The standard InChI is InChI=1S/C18H22N2O3/c1-18(2,3)15-9-13(12-6-5-7-20-17(12)22)14(16(19)21)8-11(15)10-23-4/h5-9H,10H2,1-4H3,(H2,19,21)(H,20,22). The maximum atomic E-state index is 12.1. The van der Waals surface area contributed by atoms with E-state index < -0.39 is 5.91 Å². The third-order valence-corrected chi connectivity index (χ3v) is 3.73. The van der Waals surface area contributed by atoms with Gasteiger partial charge in [-0.15, -0.1) is 0 Å². The lowest BCUT2D eigenvalue weighted by Crippen LogP contribution is -2.20. The lowest BCUT2D eigenvalue weighted by molar-refractivity contribution is 0.100. The number of aromatic nitrogens is 1. The predicted octanol–water partition coefficient (Wildman–Crippen LogP) is 2.58. The fourth-order valence-corrected chi connectivity index (χ4v) is 2.68. The molecule has 2 rings (SSSR count). The molecule has 1 amide bonds. The molecule has 23 heavy (non-hydrogen) atoms. The summed E-state index contributed by atoms with van der Waals surface area (Å²) in [5.74, 6) is -0.568. The van der Waals surface area contributed by atoms with Crippen molar-refractivity contribution in [3.05, 3.63) is 57.5 Å². The number of nitrogens with one attached hydrogen (secondary N) is 1. The number of ether oxygens (including phenoxy) is 1. The van der Waals surface area contributed by atoms with Crippen molar-refractivity contribution >= 4 is 5.91 Å². The molecule has 0 saturated heterocycles. The van der Waals surface area contributed by atoms with Crippen LogP contribution in [0.4, 0.5) is 0 Å². The second-order valence-electron chi connectivity index (χ2n) is 6.52. The number of carbonyl (C=O) groups is 1. The highest BCUT2D eigenvalue weighted by atomic mass is 16.5. The van der Waals surface area contributed by atoms with Crippen molar-refractivity contribution in [2.24, 2.45) is 5.73 Å². The largest absolute Gasteiger partial charge is 0.380 e. The number of benzene rings is 1. The molecule has 0 fully saturated rings. The molecule has 0 radical (unpaired) electrons. The first-order valence-electron chi connectivity index (χ1n) is 7.40. The van der Waals surface area contributed by atoms with E-state index in [-0.39, 0.29) is 11.0 Å². The molecule has 1 aromatic carbocycles. The average Bonchev–Trinajstić information content (AvgIpc) is 2.46. The Balaban J connectivity index is 2.82. The van der Waals surface area contributed by atoms with Gasteiger partial charge in [0.2, 0.25) is 5.91 Å². The van der Waals surface area contributed by atoms with Crippen LogP contribution in [-0.2, 0) is 16.8 Å². The maximum absolute atomic E-state index is 12.1. The Morgan fingerprint density at radius 1 is 1.26 bits per heavy atom. The second-order valence-corrected chi connectivity index (χ2v) is 6.52. The zero-order valence-corrected chi connectivity index (χ0v) is 13.9. The van der Waals surface area contributed by atoms with Crippen LogP contribution < -0.4 is 11.3 Å². The van der Waals surface area contributed by atoms with Gasteiger partial charge in [0.1, 0.15) is 0 Å². The van der Waals surface area contributed by atoms with Crippen LogP contribution in [0.3, 0.4) is 0 Å². The lowest BCUT2D eigenvalue weighted by Gasteiger charge is -2.25. The van der Waals surface area contributed by atoms with Gasteiger partial charge in [0.05, 0.1) is 6.61 Å². The van der Waals surface area contributed by atoms with Crippen molar-refractivity contribution in [1.82, 2.24) is 4.98 Å². The van der Waals surface area contributed by atoms with Crippen LogP contribution >= 0.6 is 0 Å². The van der Waals surface area contributed by atoms with Gasteiger partial charge in [-0.25, -0.2) is 0 Å². The molecule has 0 unspecified atom stereocenters. The summed E-state index contributed by atoms with van der Waals surface area (Å²) in [6.45, 7) is 6.59. The maximum Gasteiger partial charge on any atom is 0.255 e. The number of carbonyl (C=O) groups excluding carboxylic acids is 1. The van der Waals surface area contributed by atoms with Crippen LogP contribution in [0.5, 0.6) is 0 Å². The van der Waals surface area contributed by atoms with Gasteiger partial charge in [-0.3, -0.25) is 9.59 Å². The topological polar surface area (TPSA) is 85.2 Å². The molecular formula is C18H22N2O3. The first-order valence-corrected chi connectivity index (χ1v) is 7.40. The van der Waals surface area contributed by atoms with Crippen molar-refractivity contribution in [3.8, 4) is 11.1 Å². The van der Waals surface area contributed by atoms with E-state index in [1.54, 1.807) is 31.5 Å². The SMILES string of the molecule is COCc1cc(C(N)=O)c(-c2ccc[nH]c2=O)cc1C(C)(C)C. The number of primary amides is 1. The minimum atomic E-state index is -0.568. The van der Waals surface area contributed by atoms with Crippen molar-refractivity contribution < 1.29 is 9.53 Å². The zero-order valence-electron chi connectivity index (χ0n) is 13.9. The average molecular weight is 314 g/mol. The van der Waals surface area contributed by atoms with Gasteiger partial charge in [-0.1, -0.05) is 20.8 Å². The molecular weight excluding hydrogens is 292 g/mol. The molecule has 0 bridgehead atoms. The first kappa shape index (κ1) is 17.0. The number of amides is 1. The van der Waals surface area contributed by atoms with Crippen LogP contribution in [0.15, 0.2) is 35.3 Å². The molecule has 0 aliphatic heterocycles. The number of aromatic amines is 1. The molecule has 3 N–H and O–H groups in total. The van der Waals surface area contributed by atoms with Crippen molar-refractivity contribution in [2.45, 2.75) is 32.8 Å². The van der Waals surface area contributed by atoms with Crippen LogP contribution in [-0.4, -0.2) is 18.0 Å². The molecule has 5 heteroatoms. The van der Waals surface area contributed by atoms with Crippen LogP contribution in [0.2, 0.25) is 0 Å². The molecule has 0 saturated carbocycles. The Morgan fingerprint density at radius 3 is 2.48 bits per heavy atom. The number of pyridine rings is 1. The highest BCUT2D eigenvalue weighted by molar-refractivity contribution is 6.00. The Kier molecular flexibility index (Phi) is 4.71. The summed E-state index contributed by atoms with van der Waals surface area (Å²) in [5.41, 5.74) is 8.32. The van der Waals surface area contributed by atoms with Gasteiger partial charge >= 0.3 is 0 Å². The van der Waals surface area contributed by atoms with Crippen molar-refractivity contribution in [2.75, 3.05) is 7.11 Å². The van der Waals surface area contributed by atoms with Crippen LogP contribution in [0.1, 0.15) is 42.3 Å². The van der Waals surface area contributed by atoms with Gasteiger partial charge < -0.3 is 15.5 Å². The minimum absolute atomic E-state index is 0.166. The summed E-state index contributed by atoms with van der Waals surface area (Å²) in [6.07, 6.45) is 1.56. The Labute approximate surface area is 135 Å². The summed E-state index contributed by atoms with van der Waals surface area (Å²) in [7, 11) is 1.60. The predicted molar refractivity (Wildman–Crippen MR) is 90.4 cm³/mol. The fourth-order valence-electron chi connectivity index (χ4n) is 2.68. The first-order chi connectivity index (χ1) is 10.8. The molecule has 0 aliphatic rings. The summed E-state index contributed by atoms with van der Waals surface area (Å²) >= 11 is 0. The zero-order chi connectivity index (χ0) is 17.2. The molecule has 2 aromatic rings. The normalized spacial score (nSPS) is 11.5. The van der Waals surface area contributed by atoms with Gasteiger partial charge in [0.25, 0.3) is 5.56 Å². The van der Waals surface area contributed by atoms with E-state index in [9.17, 15) is 9.59 Å². The smallest absolute Gasteiger partial charge is 0.255 e. The van der Waals surface area contributed by atoms with Crippen molar-refractivity contribution in [1.29, 1.82) is 0 Å². The second kappa shape index (κ2) is 6.38. The minimum Gasteiger partial charge on any atom is -0.380 e. The van der Waals surface area contributed by atoms with E-state index in [0.717, 1.165) is 11.1 Å².